The fourth-order valence-electron chi connectivity index (χ4n) is 9.87. The van der Waals surface area contributed by atoms with Crippen molar-refractivity contribution in [2.24, 2.45) is 0 Å². The molecule has 0 aliphatic carbocycles. The van der Waals surface area contributed by atoms with Crippen LogP contribution >= 0.6 is 0 Å². The first-order valence-electron chi connectivity index (χ1n) is 21.4. The number of para-hydroxylation sites is 4. The minimum atomic E-state index is 1.13. The van der Waals surface area contributed by atoms with Gasteiger partial charge in [0.05, 0.1) is 22.1 Å². The fourth-order valence-corrected chi connectivity index (χ4v) is 9.87. The van der Waals surface area contributed by atoms with Crippen molar-refractivity contribution >= 4 is 43.6 Å². The zero-order valence-corrected chi connectivity index (χ0v) is 34.0. The lowest BCUT2D eigenvalue weighted by atomic mass is 9.80. The van der Waals surface area contributed by atoms with E-state index >= 15 is 0 Å². The number of hydrogen-bond donors (Lipinski definition) is 0. The van der Waals surface area contributed by atoms with Crippen LogP contribution in [0.25, 0.3) is 111 Å². The van der Waals surface area contributed by atoms with E-state index < -0.39 is 0 Å². The highest BCUT2D eigenvalue weighted by atomic mass is 15.0. The van der Waals surface area contributed by atoms with Crippen LogP contribution in [0, 0.1) is 0 Å². The molecule has 0 aliphatic rings. The van der Waals surface area contributed by atoms with E-state index in [1.807, 2.05) is 0 Å². The van der Waals surface area contributed by atoms with Crippen LogP contribution in [-0.4, -0.2) is 9.13 Å². The van der Waals surface area contributed by atoms with E-state index in [0.29, 0.717) is 0 Å². The van der Waals surface area contributed by atoms with Crippen LogP contribution in [0.2, 0.25) is 0 Å². The van der Waals surface area contributed by atoms with Crippen molar-refractivity contribution in [3.8, 4) is 67.0 Å². The molecule has 0 amide bonds. The highest BCUT2D eigenvalue weighted by Crippen LogP contribution is 2.49. The van der Waals surface area contributed by atoms with Crippen LogP contribution in [-0.2, 0) is 0 Å². The van der Waals surface area contributed by atoms with Gasteiger partial charge in [0.2, 0.25) is 0 Å². The topological polar surface area (TPSA) is 9.86 Å². The van der Waals surface area contributed by atoms with Gasteiger partial charge in [0.15, 0.2) is 0 Å². The maximum Gasteiger partial charge on any atom is 0.0541 e. The van der Waals surface area contributed by atoms with Gasteiger partial charge in [-0.25, -0.2) is 0 Å². The molecule has 0 radical (unpaired) electrons. The van der Waals surface area contributed by atoms with Gasteiger partial charge < -0.3 is 9.13 Å². The second-order valence-electron chi connectivity index (χ2n) is 16.0. The molecule has 2 aromatic heterocycles. The summed E-state index contributed by atoms with van der Waals surface area (Å²) in [5.41, 5.74) is 18.9. The summed E-state index contributed by atoms with van der Waals surface area (Å²) in [7, 11) is 0. The van der Waals surface area contributed by atoms with E-state index in [2.05, 4.69) is 252 Å². The monoisotopic (exact) mass is 788 g/mol. The van der Waals surface area contributed by atoms with Crippen LogP contribution < -0.4 is 0 Å². The third kappa shape index (κ3) is 5.80. The van der Waals surface area contributed by atoms with Crippen molar-refractivity contribution in [3.05, 3.63) is 243 Å². The summed E-state index contributed by atoms with van der Waals surface area (Å²) >= 11 is 0. The predicted molar refractivity (Wildman–Crippen MR) is 262 cm³/mol. The number of benzene rings is 10. The molecule has 0 atom stereocenters. The number of nitrogens with zero attached hydrogens (tertiary/aromatic N) is 2. The summed E-state index contributed by atoms with van der Waals surface area (Å²) in [6, 6.07) is 88.6. The Morgan fingerprint density at radius 3 is 0.839 bits per heavy atom. The maximum atomic E-state index is 2.42. The van der Waals surface area contributed by atoms with E-state index in [-0.39, 0.29) is 0 Å². The molecule has 2 heterocycles. The number of fused-ring (bicyclic) bond motifs is 6. The Kier molecular flexibility index (Phi) is 8.53. The first-order valence-corrected chi connectivity index (χ1v) is 21.4. The summed E-state index contributed by atoms with van der Waals surface area (Å²) < 4.78 is 4.83. The molecule has 12 aromatic rings. The maximum absolute atomic E-state index is 2.42. The Morgan fingerprint density at radius 1 is 0.210 bits per heavy atom. The Balaban J connectivity index is 1.14. The smallest absolute Gasteiger partial charge is 0.0541 e. The van der Waals surface area contributed by atoms with Gasteiger partial charge in [0.1, 0.15) is 0 Å². The molecule has 0 bridgehead atoms. The van der Waals surface area contributed by atoms with Gasteiger partial charge in [-0.05, 0) is 104 Å². The Bertz CT molecular complexity index is 3280. The van der Waals surface area contributed by atoms with Crippen molar-refractivity contribution in [1.82, 2.24) is 9.13 Å². The van der Waals surface area contributed by atoms with Crippen LogP contribution in [0.5, 0.6) is 0 Å². The first kappa shape index (κ1) is 35.7. The Morgan fingerprint density at radius 2 is 0.484 bits per heavy atom. The lowest BCUT2D eigenvalue weighted by Crippen LogP contribution is -1.98. The van der Waals surface area contributed by atoms with Crippen molar-refractivity contribution in [2.45, 2.75) is 0 Å². The van der Waals surface area contributed by atoms with Crippen molar-refractivity contribution in [3.63, 3.8) is 0 Å². The normalized spacial score (nSPS) is 11.5. The predicted octanol–water partition coefficient (Wildman–Crippen LogP) is 16.2. The Labute approximate surface area is 360 Å². The molecule has 10 aromatic carbocycles. The minimum Gasteiger partial charge on any atom is -0.309 e. The highest BCUT2D eigenvalue weighted by Gasteiger charge is 2.23. The van der Waals surface area contributed by atoms with Gasteiger partial charge in [-0.3, -0.25) is 0 Å². The molecule has 12 rings (SSSR count). The minimum absolute atomic E-state index is 1.13. The lowest BCUT2D eigenvalue weighted by Gasteiger charge is -2.23. The Hall–Kier alpha value is -8.20. The summed E-state index contributed by atoms with van der Waals surface area (Å²) in [5.74, 6) is 0. The average molecular weight is 789 g/mol. The van der Waals surface area contributed by atoms with Crippen LogP contribution in [0.4, 0.5) is 0 Å². The second-order valence-corrected chi connectivity index (χ2v) is 16.0. The van der Waals surface area contributed by atoms with Crippen LogP contribution in [0.3, 0.4) is 0 Å². The standard InChI is InChI=1S/C60H40N2/c1-3-19-41(20-4-1)47-31-17-33-49(43-23-15-25-45(39-43)61-55-35-11-7-27-51(55)52-28-8-12-36-56(52)61)59(47)60-48(42-21-5-2-6-22-42)32-18-34-50(60)44-24-16-26-46(40-44)62-57-37-13-9-29-53(57)54-30-10-14-38-58(54)62/h1-40H. The molecule has 290 valence electrons. The van der Waals surface area contributed by atoms with Gasteiger partial charge in [-0.2, -0.15) is 0 Å². The summed E-state index contributed by atoms with van der Waals surface area (Å²) in [6.07, 6.45) is 0. The van der Waals surface area contributed by atoms with Gasteiger partial charge in [-0.1, -0.05) is 194 Å². The van der Waals surface area contributed by atoms with Gasteiger partial charge >= 0.3 is 0 Å². The third-order valence-corrected chi connectivity index (χ3v) is 12.5. The molecule has 0 spiro atoms. The van der Waals surface area contributed by atoms with E-state index in [0.717, 1.165) is 22.5 Å². The van der Waals surface area contributed by atoms with E-state index in [9.17, 15) is 0 Å². The molecule has 0 fully saturated rings. The highest BCUT2D eigenvalue weighted by molar-refractivity contribution is 6.11. The first-order chi connectivity index (χ1) is 30.8. The molecular weight excluding hydrogens is 749 g/mol. The van der Waals surface area contributed by atoms with Crippen molar-refractivity contribution in [1.29, 1.82) is 0 Å². The zero-order valence-electron chi connectivity index (χ0n) is 34.0. The van der Waals surface area contributed by atoms with Crippen molar-refractivity contribution in [2.75, 3.05) is 0 Å². The zero-order chi connectivity index (χ0) is 41.0. The average Bonchev–Trinajstić information content (AvgIpc) is 3.87. The summed E-state index contributed by atoms with van der Waals surface area (Å²) in [4.78, 5) is 0. The summed E-state index contributed by atoms with van der Waals surface area (Å²) in [6.45, 7) is 0. The summed E-state index contributed by atoms with van der Waals surface area (Å²) in [5, 5.41) is 5.02. The number of rotatable bonds is 7. The quantitative estimate of drug-likeness (QED) is 0.152. The molecule has 0 saturated carbocycles. The van der Waals surface area contributed by atoms with E-state index in [4.69, 9.17) is 0 Å². The van der Waals surface area contributed by atoms with Gasteiger partial charge in [-0.15, -0.1) is 0 Å². The molecular formula is C60H40N2. The molecule has 0 unspecified atom stereocenters. The SMILES string of the molecule is c1ccc(-c2cccc(-c3cccc(-n4c5ccccc5c5ccccc54)c3)c2-c2c(-c3ccccc3)cccc2-c2cccc(-n3c4ccccc4c4ccccc43)c2)cc1. The lowest BCUT2D eigenvalue weighted by molar-refractivity contribution is 1.18. The van der Waals surface area contributed by atoms with Crippen LogP contribution in [0.15, 0.2) is 243 Å². The fraction of sp³-hybridized carbons (Fsp3) is 0. The molecule has 0 N–H and O–H groups in total. The van der Waals surface area contributed by atoms with Crippen LogP contribution in [0.1, 0.15) is 0 Å². The third-order valence-electron chi connectivity index (χ3n) is 12.5. The molecule has 0 aliphatic heterocycles. The second kappa shape index (κ2) is 14.8. The molecule has 2 heteroatoms. The molecule has 62 heavy (non-hydrogen) atoms. The largest absolute Gasteiger partial charge is 0.309 e. The van der Waals surface area contributed by atoms with E-state index in [1.54, 1.807) is 0 Å². The van der Waals surface area contributed by atoms with Crippen molar-refractivity contribution < 1.29 is 0 Å². The van der Waals surface area contributed by atoms with Gasteiger partial charge in [0, 0.05) is 32.9 Å². The number of hydrogen-bond acceptors (Lipinski definition) is 0. The molecule has 2 nitrogen and oxygen atoms in total. The van der Waals surface area contributed by atoms with E-state index in [1.165, 1.54) is 88.1 Å². The number of aromatic nitrogens is 2. The molecule has 0 saturated heterocycles. The van der Waals surface area contributed by atoms with Gasteiger partial charge in [0.25, 0.3) is 0 Å².